The summed E-state index contributed by atoms with van der Waals surface area (Å²) in [5.74, 6) is -1.27. The summed E-state index contributed by atoms with van der Waals surface area (Å²) in [6.07, 6.45) is 62.4. The van der Waals surface area contributed by atoms with Gasteiger partial charge in [0.15, 0.2) is 12.4 Å². The van der Waals surface area contributed by atoms with Crippen LogP contribution in [0.5, 0.6) is 0 Å². The first kappa shape index (κ1) is 71.1. The first-order chi connectivity index (χ1) is 37.7. The van der Waals surface area contributed by atoms with E-state index in [1.807, 2.05) is 6.08 Å². The molecule has 8 atom stereocenters. The van der Waals surface area contributed by atoms with Crippen molar-refractivity contribution in [3.8, 4) is 0 Å². The lowest BCUT2D eigenvalue weighted by Crippen LogP contribution is -2.61. The van der Waals surface area contributed by atoms with E-state index >= 15 is 0 Å². The van der Waals surface area contributed by atoms with Gasteiger partial charge >= 0.3 is 5.97 Å². The smallest absolute Gasteiger partial charge is 0.306 e. The Kier molecular flexibility index (Phi) is 48.7. The predicted molar refractivity (Wildman–Crippen MR) is 319 cm³/mol. The molecule has 77 heavy (non-hydrogen) atoms. The Morgan fingerprint density at radius 1 is 0.519 bits per heavy atom. The van der Waals surface area contributed by atoms with Gasteiger partial charge in [-0.15, -0.1) is 0 Å². The number of ether oxygens (including phenoxy) is 3. The second-order valence-corrected chi connectivity index (χ2v) is 20.3. The zero-order chi connectivity index (χ0) is 56.1. The number of amides is 1. The number of aliphatic hydroxyl groups excluding tert-OH is 5. The highest BCUT2D eigenvalue weighted by molar-refractivity contribution is 5.80. The van der Waals surface area contributed by atoms with Crippen molar-refractivity contribution in [3.63, 3.8) is 0 Å². The van der Waals surface area contributed by atoms with Gasteiger partial charge in [0, 0.05) is 6.42 Å². The largest absolute Gasteiger partial charge is 0.454 e. The van der Waals surface area contributed by atoms with Crippen LogP contribution in [0.2, 0.25) is 0 Å². The molecule has 0 bridgehead atoms. The molecular weight excluding hydrogens is 967 g/mol. The van der Waals surface area contributed by atoms with Crippen molar-refractivity contribution in [3.05, 3.63) is 122 Å². The van der Waals surface area contributed by atoms with E-state index in [9.17, 15) is 35.1 Å². The Bertz CT molecular complexity index is 1710. The minimum atomic E-state index is -1.64. The predicted octanol–water partition coefficient (Wildman–Crippen LogP) is 14.3. The molecule has 11 nitrogen and oxygen atoms in total. The Labute approximate surface area is 468 Å². The number of unbranched alkanes of at least 4 members (excludes halogenated alkanes) is 17. The lowest BCUT2D eigenvalue weighted by Gasteiger charge is -2.41. The number of carbonyl (C=O) groups excluding carboxylic acids is 2. The number of allylic oxidation sites excluding steroid dienone is 19. The summed E-state index contributed by atoms with van der Waals surface area (Å²) < 4.78 is 17.5. The Morgan fingerprint density at radius 2 is 0.935 bits per heavy atom. The van der Waals surface area contributed by atoms with Crippen LogP contribution in [0.25, 0.3) is 0 Å². The summed E-state index contributed by atoms with van der Waals surface area (Å²) in [7, 11) is 0. The van der Waals surface area contributed by atoms with E-state index in [4.69, 9.17) is 14.2 Å². The van der Waals surface area contributed by atoms with Crippen molar-refractivity contribution in [1.82, 2.24) is 5.32 Å². The minimum absolute atomic E-state index is 0.0585. The average Bonchev–Trinajstić information content (AvgIpc) is 3.43. The molecule has 1 rings (SSSR count). The van der Waals surface area contributed by atoms with E-state index in [-0.39, 0.29) is 19.4 Å². The van der Waals surface area contributed by atoms with Crippen LogP contribution in [0.3, 0.4) is 0 Å². The SMILES string of the molecule is CC/C=C\C/C=C\C/C=C\C/C=C\C/C=C\C/C=C\CCCCC(=O)OC1C(OCC(NC(=O)C(O)CCCCC/C=C\C/C=C\C/C=C\CCCCC)C(O)/C=C/CCCCCCCCCCC)OC(CO)C(O)C1O. The molecule has 1 amide bonds. The summed E-state index contributed by atoms with van der Waals surface area (Å²) in [5.41, 5.74) is 0. The van der Waals surface area contributed by atoms with Crippen molar-refractivity contribution >= 4 is 11.9 Å². The third-order valence-electron chi connectivity index (χ3n) is 13.3. The van der Waals surface area contributed by atoms with Crippen LogP contribution in [0.15, 0.2) is 122 Å². The third kappa shape index (κ3) is 40.8. The lowest BCUT2D eigenvalue weighted by molar-refractivity contribution is -0.305. The molecule has 1 fully saturated rings. The maximum Gasteiger partial charge on any atom is 0.306 e. The normalized spacial score (nSPS) is 19.9. The van der Waals surface area contributed by atoms with Crippen LogP contribution in [-0.2, 0) is 23.8 Å². The van der Waals surface area contributed by atoms with Crippen LogP contribution in [-0.4, -0.2) is 99.6 Å². The van der Waals surface area contributed by atoms with Gasteiger partial charge in [0.2, 0.25) is 5.91 Å². The van der Waals surface area contributed by atoms with Gasteiger partial charge in [0.25, 0.3) is 0 Å². The van der Waals surface area contributed by atoms with E-state index < -0.39 is 67.4 Å². The molecule has 0 aromatic heterocycles. The van der Waals surface area contributed by atoms with Gasteiger partial charge < -0.3 is 45.1 Å². The second kappa shape index (κ2) is 52.7. The number of carbonyl (C=O) groups is 2. The van der Waals surface area contributed by atoms with E-state index in [0.29, 0.717) is 12.8 Å². The van der Waals surface area contributed by atoms with E-state index in [0.717, 1.165) is 116 Å². The molecular formula is C66H109NO10. The van der Waals surface area contributed by atoms with Gasteiger partial charge in [-0.3, -0.25) is 9.59 Å². The van der Waals surface area contributed by atoms with Crippen molar-refractivity contribution < 1.29 is 49.3 Å². The number of hydrogen-bond donors (Lipinski definition) is 6. The van der Waals surface area contributed by atoms with E-state index in [1.165, 1.54) is 57.8 Å². The lowest BCUT2D eigenvalue weighted by atomic mass is 9.99. The third-order valence-corrected chi connectivity index (χ3v) is 13.3. The minimum Gasteiger partial charge on any atom is -0.454 e. The summed E-state index contributed by atoms with van der Waals surface area (Å²) in [4.78, 5) is 26.5. The molecule has 438 valence electrons. The fourth-order valence-corrected chi connectivity index (χ4v) is 8.54. The Balaban J connectivity index is 2.73. The highest BCUT2D eigenvalue weighted by Crippen LogP contribution is 2.26. The van der Waals surface area contributed by atoms with Gasteiger partial charge in [-0.1, -0.05) is 219 Å². The molecule has 0 radical (unpaired) electrons. The molecule has 11 heteroatoms. The molecule has 6 N–H and O–H groups in total. The van der Waals surface area contributed by atoms with Gasteiger partial charge in [-0.25, -0.2) is 0 Å². The summed E-state index contributed by atoms with van der Waals surface area (Å²) in [6, 6.07) is -1.05. The van der Waals surface area contributed by atoms with Crippen LogP contribution in [0.1, 0.15) is 220 Å². The van der Waals surface area contributed by atoms with Crippen molar-refractivity contribution in [2.24, 2.45) is 0 Å². The highest BCUT2D eigenvalue weighted by Gasteiger charge is 2.47. The zero-order valence-electron chi connectivity index (χ0n) is 48.3. The Morgan fingerprint density at radius 3 is 1.43 bits per heavy atom. The molecule has 1 saturated heterocycles. The van der Waals surface area contributed by atoms with Gasteiger partial charge in [0.1, 0.15) is 24.4 Å². The van der Waals surface area contributed by atoms with Gasteiger partial charge in [0.05, 0.1) is 25.4 Å². The standard InChI is InChI=1S/C66H109NO10/c1-4-7-10-13-16-19-22-24-26-28-29-30-31-32-34-36-39-42-45-48-51-54-61(71)77-64-63(73)62(72)60(55-68)76-66(64)75-56-57(58(69)52-49-46-43-40-37-21-18-15-12-9-6-3)67-65(74)59(70)53-50-47-44-41-38-35-33-27-25-23-20-17-14-11-8-5-2/h7,10,16-17,19-20,24-27,29-30,32,34-35,38-39,42,49,52,57-60,62-64,66,68-70,72-73H,4-6,8-9,11-15,18,21-23,28,31,33,36-37,40-41,43-48,50-51,53-56H2,1-3H3,(H,67,74)/b10-7-,19-16-,20-17-,26-24-,27-25-,30-29-,34-32-,38-35-,42-39-,52-49+. The van der Waals surface area contributed by atoms with Crippen LogP contribution in [0, 0.1) is 0 Å². The van der Waals surface area contributed by atoms with E-state index in [1.54, 1.807) is 6.08 Å². The summed E-state index contributed by atoms with van der Waals surface area (Å²) in [6.45, 7) is 5.58. The second-order valence-electron chi connectivity index (χ2n) is 20.3. The van der Waals surface area contributed by atoms with Gasteiger partial charge in [-0.2, -0.15) is 0 Å². The van der Waals surface area contributed by atoms with Crippen molar-refractivity contribution in [2.75, 3.05) is 13.2 Å². The summed E-state index contributed by atoms with van der Waals surface area (Å²) >= 11 is 0. The fraction of sp³-hybridized carbons (Fsp3) is 0.667. The molecule has 0 spiro atoms. The fourth-order valence-electron chi connectivity index (χ4n) is 8.54. The number of aliphatic hydroxyl groups is 5. The summed E-state index contributed by atoms with van der Waals surface area (Å²) in [5, 5.41) is 56.9. The molecule has 0 aromatic carbocycles. The molecule has 0 saturated carbocycles. The number of rotatable bonds is 49. The molecule has 0 aliphatic carbocycles. The number of hydrogen-bond acceptors (Lipinski definition) is 10. The molecule has 1 aliphatic rings. The zero-order valence-corrected chi connectivity index (χ0v) is 48.3. The molecule has 8 unspecified atom stereocenters. The quantitative estimate of drug-likeness (QED) is 0.0195. The molecule has 0 aromatic rings. The number of nitrogens with one attached hydrogen (secondary N) is 1. The maximum atomic E-state index is 13.4. The van der Waals surface area contributed by atoms with E-state index in [2.05, 4.69) is 135 Å². The van der Waals surface area contributed by atoms with Crippen molar-refractivity contribution in [1.29, 1.82) is 0 Å². The highest BCUT2D eigenvalue weighted by atomic mass is 16.7. The first-order valence-electron chi connectivity index (χ1n) is 30.3. The average molecular weight is 1080 g/mol. The van der Waals surface area contributed by atoms with Crippen LogP contribution < -0.4 is 5.32 Å². The molecule has 1 heterocycles. The van der Waals surface area contributed by atoms with Crippen molar-refractivity contribution in [2.45, 2.75) is 269 Å². The first-order valence-corrected chi connectivity index (χ1v) is 30.3. The van der Waals surface area contributed by atoms with Gasteiger partial charge in [-0.05, 0) is 116 Å². The van der Waals surface area contributed by atoms with Crippen LogP contribution in [0.4, 0.5) is 0 Å². The van der Waals surface area contributed by atoms with Crippen LogP contribution >= 0.6 is 0 Å². The molecule has 1 aliphatic heterocycles. The monoisotopic (exact) mass is 1080 g/mol. The maximum absolute atomic E-state index is 13.4. The Hall–Kier alpha value is -3.94. The topological polar surface area (TPSA) is 175 Å². The number of esters is 1.